The van der Waals surface area contributed by atoms with Crippen LogP contribution in [-0.2, 0) is 4.79 Å². The maximum atomic E-state index is 11.9. The topological polar surface area (TPSA) is 86.9 Å². The van der Waals surface area contributed by atoms with E-state index in [1.54, 1.807) is 27.8 Å². The maximum Gasteiger partial charge on any atom is 0.255 e. The highest BCUT2D eigenvalue weighted by molar-refractivity contribution is 5.80. The van der Waals surface area contributed by atoms with Gasteiger partial charge in [-0.3, -0.25) is 14.9 Å². The Kier molecular flexibility index (Phi) is 4.61. The summed E-state index contributed by atoms with van der Waals surface area (Å²) in [5.74, 6) is 0.476. The number of hydrogen-bond donors (Lipinski definition) is 3. The van der Waals surface area contributed by atoms with Crippen LogP contribution in [0.4, 0.5) is 0 Å². The van der Waals surface area contributed by atoms with Crippen molar-refractivity contribution in [1.82, 2.24) is 20.6 Å². The number of aryl methyl sites for hydroxylation is 2. The van der Waals surface area contributed by atoms with E-state index in [1.807, 2.05) is 6.92 Å². The van der Waals surface area contributed by atoms with Gasteiger partial charge in [0.05, 0.1) is 11.6 Å². The molecule has 18 heavy (non-hydrogen) atoms. The van der Waals surface area contributed by atoms with Gasteiger partial charge in [0.25, 0.3) is 5.56 Å². The van der Waals surface area contributed by atoms with Crippen molar-refractivity contribution in [2.24, 2.45) is 0 Å². The standard InChI is InChI=1S/C12H20N4O2/c1-6(14-8(3)11(17)13-5)10-7(2)15-9(4)16-12(10)18/h6,8,14H,1-5H3,(H,13,17)(H,15,16,18). The molecule has 0 aliphatic rings. The smallest absolute Gasteiger partial charge is 0.255 e. The fourth-order valence-electron chi connectivity index (χ4n) is 2.00. The minimum atomic E-state index is -0.370. The number of H-pyrrole nitrogens is 1. The number of carbonyl (C=O) groups excluding carboxylic acids is 1. The highest BCUT2D eigenvalue weighted by Gasteiger charge is 2.19. The summed E-state index contributed by atoms with van der Waals surface area (Å²) < 4.78 is 0. The zero-order valence-electron chi connectivity index (χ0n) is 11.4. The average Bonchev–Trinajstić information content (AvgIpc) is 2.26. The first-order chi connectivity index (χ1) is 8.36. The lowest BCUT2D eigenvalue weighted by Crippen LogP contribution is -2.43. The molecule has 0 fully saturated rings. The van der Waals surface area contributed by atoms with Crippen LogP contribution in [-0.4, -0.2) is 29.0 Å². The summed E-state index contributed by atoms with van der Waals surface area (Å²) in [4.78, 5) is 30.2. The molecular formula is C12H20N4O2. The van der Waals surface area contributed by atoms with Gasteiger partial charge < -0.3 is 10.3 Å². The fourth-order valence-corrected chi connectivity index (χ4v) is 2.00. The molecule has 0 aromatic carbocycles. The van der Waals surface area contributed by atoms with Gasteiger partial charge in [-0.15, -0.1) is 0 Å². The molecule has 0 aliphatic heterocycles. The molecule has 1 aromatic rings. The fraction of sp³-hybridized carbons (Fsp3) is 0.583. The number of nitrogens with zero attached hydrogens (tertiary/aromatic N) is 1. The van der Waals surface area contributed by atoms with Crippen LogP contribution in [0.3, 0.4) is 0 Å². The van der Waals surface area contributed by atoms with E-state index in [0.717, 1.165) is 0 Å². The van der Waals surface area contributed by atoms with Crippen molar-refractivity contribution < 1.29 is 4.79 Å². The molecule has 1 rings (SSSR count). The van der Waals surface area contributed by atoms with Gasteiger partial charge in [-0.1, -0.05) is 0 Å². The Balaban J connectivity index is 2.95. The Morgan fingerprint density at radius 1 is 1.33 bits per heavy atom. The summed E-state index contributed by atoms with van der Waals surface area (Å²) in [6.45, 7) is 7.12. The monoisotopic (exact) mass is 252 g/mol. The minimum Gasteiger partial charge on any atom is -0.358 e. The number of aromatic nitrogens is 2. The highest BCUT2D eigenvalue weighted by Crippen LogP contribution is 2.11. The number of amides is 1. The minimum absolute atomic E-state index is 0.115. The van der Waals surface area contributed by atoms with Gasteiger partial charge in [-0.05, 0) is 27.7 Å². The molecule has 1 heterocycles. The largest absolute Gasteiger partial charge is 0.358 e. The third-order valence-corrected chi connectivity index (χ3v) is 2.84. The molecule has 0 saturated carbocycles. The number of nitrogens with one attached hydrogen (secondary N) is 3. The lowest BCUT2D eigenvalue weighted by atomic mass is 10.1. The van der Waals surface area contributed by atoms with Crippen LogP contribution >= 0.6 is 0 Å². The maximum absolute atomic E-state index is 11.9. The van der Waals surface area contributed by atoms with Crippen molar-refractivity contribution in [2.45, 2.75) is 39.8 Å². The Morgan fingerprint density at radius 2 is 1.94 bits per heavy atom. The number of likely N-dealkylation sites (N-methyl/N-ethyl adjacent to an activating group) is 1. The van der Waals surface area contributed by atoms with E-state index in [-0.39, 0.29) is 23.6 Å². The molecule has 2 unspecified atom stereocenters. The van der Waals surface area contributed by atoms with Gasteiger partial charge in [0.15, 0.2) is 0 Å². The summed E-state index contributed by atoms with van der Waals surface area (Å²) in [5, 5.41) is 5.63. The molecule has 0 spiro atoms. The Hall–Kier alpha value is -1.69. The normalized spacial score (nSPS) is 14.1. The van der Waals surface area contributed by atoms with Crippen LogP contribution in [0.5, 0.6) is 0 Å². The Labute approximate surface area is 106 Å². The predicted molar refractivity (Wildman–Crippen MR) is 69.4 cm³/mol. The van der Waals surface area contributed by atoms with Crippen LogP contribution < -0.4 is 16.2 Å². The summed E-state index contributed by atoms with van der Waals surface area (Å²) in [7, 11) is 1.58. The molecule has 6 heteroatoms. The lowest BCUT2D eigenvalue weighted by molar-refractivity contribution is -0.122. The van der Waals surface area contributed by atoms with Gasteiger partial charge in [0.1, 0.15) is 5.82 Å². The Bertz CT molecular complexity index is 495. The number of hydrogen-bond acceptors (Lipinski definition) is 4. The van der Waals surface area contributed by atoms with E-state index in [0.29, 0.717) is 17.1 Å². The second-order valence-electron chi connectivity index (χ2n) is 4.37. The molecule has 0 aliphatic carbocycles. The molecule has 3 N–H and O–H groups in total. The van der Waals surface area contributed by atoms with Gasteiger partial charge in [0, 0.05) is 18.8 Å². The molecule has 1 aromatic heterocycles. The molecule has 0 saturated heterocycles. The van der Waals surface area contributed by atoms with Crippen LogP contribution in [0.2, 0.25) is 0 Å². The van der Waals surface area contributed by atoms with Gasteiger partial charge in [0.2, 0.25) is 5.91 Å². The highest BCUT2D eigenvalue weighted by atomic mass is 16.2. The van der Waals surface area contributed by atoms with E-state index < -0.39 is 0 Å². The second-order valence-corrected chi connectivity index (χ2v) is 4.37. The van der Waals surface area contributed by atoms with Crippen molar-refractivity contribution in [3.05, 3.63) is 27.4 Å². The first-order valence-electron chi connectivity index (χ1n) is 5.91. The molecule has 1 amide bonds. The van der Waals surface area contributed by atoms with E-state index in [9.17, 15) is 9.59 Å². The molecular weight excluding hydrogens is 232 g/mol. The first kappa shape index (κ1) is 14.4. The zero-order chi connectivity index (χ0) is 13.9. The van der Waals surface area contributed by atoms with Crippen LogP contribution in [0.15, 0.2) is 4.79 Å². The third-order valence-electron chi connectivity index (χ3n) is 2.84. The second kappa shape index (κ2) is 5.77. The van der Waals surface area contributed by atoms with Crippen molar-refractivity contribution in [3.8, 4) is 0 Å². The summed E-state index contributed by atoms with van der Waals surface area (Å²) in [6, 6.07) is -0.612. The summed E-state index contributed by atoms with van der Waals surface area (Å²) >= 11 is 0. The molecule has 6 nitrogen and oxygen atoms in total. The number of aromatic amines is 1. The predicted octanol–water partition coefficient (Wildman–Crippen LogP) is 0.172. The van der Waals surface area contributed by atoms with Crippen LogP contribution in [0, 0.1) is 13.8 Å². The molecule has 0 bridgehead atoms. The van der Waals surface area contributed by atoms with E-state index in [4.69, 9.17) is 0 Å². The SMILES string of the molecule is CNC(=O)C(C)NC(C)c1c(C)nc(C)[nH]c1=O. The molecule has 0 radical (unpaired) electrons. The third kappa shape index (κ3) is 3.16. The van der Waals surface area contributed by atoms with Crippen molar-refractivity contribution in [3.63, 3.8) is 0 Å². The van der Waals surface area contributed by atoms with Crippen molar-refractivity contribution in [2.75, 3.05) is 7.05 Å². The summed E-state index contributed by atoms with van der Waals surface area (Å²) in [6.07, 6.45) is 0. The quantitative estimate of drug-likeness (QED) is 0.713. The van der Waals surface area contributed by atoms with Crippen molar-refractivity contribution >= 4 is 5.91 Å². The van der Waals surface area contributed by atoms with Crippen molar-refractivity contribution in [1.29, 1.82) is 0 Å². The van der Waals surface area contributed by atoms with E-state index in [2.05, 4.69) is 20.6 Å². The molecule has 100 valence electrons. The van der Waals surface area contributed by atoms with E-state index in [1.165, 1.54) is 0 Å². The van der Waals surface area contributed by atoms with Crippen LogP contribution in [0.25, 0.3) is 0 Å². The van der Waals surface area contributed by atoms with Gasteiger partial charge >= 0.3 is 0 Å². The lowest BCUT2D eigenvalue weighted by Gasteiger charge is -2.19. The van der Waals surface area contributed by atoms with Gasteiger partial charge in [-0.2, -0.15) is 0 Å². The van der Waals surface area contributed by atoms with E-state index >= 15 is 0 Å². The molecule has 2 atom stereocenters. The first-order valence-corrected chi connectivity index (χ1v) is 5.91. The number of rotatable bonds is 4. The van der Waals surface area contributed by atoms with Crippen LogP contribution in [0.1, 0.15) is 37.0 Å². The Morgan fingerprint density at radius 3 is 2.44 bits per heavy atom. The number of carbonyl (C=O) groups is 1. The average molecular weight is 252 g/mol. The summed E-state index contributed by atoms with van der Waals surface area (Å²) in [5.41, 5.74) is 1.08. The zero-order valence-corrected chi connectivity index (χ0v) is 11.4. The van der Waals surface area contributed by atoms with Gasteiger partial charge in [-0.25, -0.2) is 4.98 Å².